The second kappa shape index (κ2) is 11.6. The highest BCUT2D eigenvalue weighted by atomic mass is 127. The summed E-state index contributed by atoms with van der Waals surface area (Å²) < 4.78 is 31.7. The first-order valence-electron chi connectivity index (χ1n) is 8.11. The molecule has 0 atom stereocenters. The lowest BCUT2D eigenvalue weighted by Gasteiger charge is -2.14. The first-order valence-corrected chi connectivity index (χ1v) is 8.87. The van der Waals surface area contributed by atoms with E-state index in [-0.39, 0.29) is 41.3 Å². The number of aryl methyl sites for hydroxylation is 1. The summed E-state index contributed by atoms with van der Waals surface area (Å²) >= 11 is 11.9. The molecule has 0 aliphatic carbocycles. The number of nitrogens with one attached hydrogen (secondary N) is 2. The number of hydrogen-bond acceptors (Lipinski definition) is 4. The standard InChI is InChI=1S/C16H20Cl2F2N6O.HI/c1-4-21-16(23-8-13-25-24-9(2)26(13)3)22-7-10-5-11(17)6-12(18)14(10)27-15(19)20;/h5-6,15H,4,7-8H2,1-3H3,(H2,21,22,23);1H. The molecule has 0 spiro atoms. The number of benzene rings is 1. The number of halogens is 5. The molecular formula is C16H21Cl2F2IN6O. The van der Waals surface area contributed by atoms with Crippen LogP contribution < -0.4 is 15.4 Å². The van der Waals surface area contributed by atoms with Crippen molar-refractivity contribution in [2.24, 2.45) is 12.0 Å². The van der Waals surface area contributed by atoms with Gasteiger partial charge in [0.05, 0.1) is 18.1 Å². The van der Waals surface area contributed by atoms with Crippen LogP contribution in [0, 0.1) is 6.92 Å². The average Bonchev–Trinajstić information content (AvgIpc) is 2.91. The number of alkyl halides is 2. The fourth-order valence-corrected chi connectivity index (χ4v) is 2.81. The van der Waals surface area contributed by atoms with Crippen molar-refractivity contribution in [2.45, 2.75) is 33.5 Å². The predicted molar refractivity (Wildman–Crippen MR) is 116 cm³/mol. The molecule has 2 rings (SSSR count). The Labute approximate surface area is 188 Å². The zero-order valence-corrected chi connectivity index (χ0v) is 19.3. The maximum atomic E-state index is 12.7. The number of guanidine groups is 1. The third kappa shape index (κ3) is 6.89. The molecule has 0 aliphatic rings. The monoisotopic (exact) mass is 548 g/mol. The van der Waals surface area contributed by atoms with Crippen molar-refractivity contribution in [3.8, 4) is 5.75 Å². The number of rotatable bonds is 7. The minimum Gasteiger partial charge on any atom is -0.433 e. The Morgan fingerprint density at radius 2 is 2.00 bits per heavy atom. The molecule has 1 heterocycles. The third-order valence-electron chi connectivity index (χ3n) is 3.64. The van der Waals surface area contributed by atoms with E-state index in [0.29, 0.717) is 29.6 Å². The topological polar surface area (TPSA) is 76.4 Å². The molecule has 0 unspecified atom stereocenters. The molecule has 156 valence electrons. The van der Waals surface area contributed by atoms with E-state index in [1.807, 2.05) is 25.5 Å². The van der Waals surface area contributed by atoms with Gasteiger partial charge in [0.2, 0.25) is 0 Å². The molecule has 0 radical (unpaired) electrons. The normalized spacial score (nSPS) is 11.4. The van der Waals surface area contributed by atoms with E-state index in [1.54, 1.807) is 0 Å². The maximum Gasteiger partial charge on any atom is 0.387 e. The van der Waals surface area contributed by atoms with Crippen LogP contribution in [0.2, 0.25) is 10.0 Å². The van der Waals surface area contributed by atoms with E-state index >= 15 is 0 Å². The van der Waals surface area contributed by atoms with Crippen molar-refractivity contribution in [3.63, 3.8) is 0 Å². The van der Waals surface area contributed by atoms with Crippen molar-refractivity contribution in [2.75, 3.05) is 6.54 Å². The van der Waals surface area contributed by atoms with Gasteiger partial charge in [-0.3, -0.25) is 0 Å². The zero-order valence-electron chi connectivity index (χ0n) is 15.5. The molecule has 7 nitrogen and oxygen atoms in total. The van der Waals surface area contributed by atoms with Crippen molar-refractivity contribution >= 4 is 53.1 Å². The van der Waals surface area contributed by atoms with Crippen LogP contribution in [0.5, 0.6) is 5.75 Å². The summed E-state index contributed by atoms with van der Waals surface area (Å²) in [7, 11) is 1.86. The number of aliphatic imine (C=N–C) groups is 1. The summed E-state index contributed by atoms with van der Waals surface area (Å²) in [5.41, 5.74) is 0.347. The Morgan fingerprint density at radius 3 is 2.57 bits per heavy atom. The lowest BCUT2D eigenvalue weighted by atomic mass is 10.2. The van der Waals surface area contributed by atoms with E-state index in [1.165, 1.54) is 12.1 Å². The molecule has 1 aromatic carbocycles. The fourth-order valence-electron chi connectivity index (χ4n) is 2.23. The minimum absolute atomic E-state index is 0. The first-order chi connectivity index (χ1) is 12.8. The van der Waals surface area contributed by atoms with Crippen LogP contribution in [0.15, 0.2) is 17.1 Å². The van der Waals surface area contributed by atoms with E-state index < -0.39 is 6.61 Å². The lowest BCUT2D eigenvalue weighted by molar-refractivity contribution is -0.0503. The molecule has 2 aromatic rings. The zero-order chi connectivity index (χ0) is 20.0. The molecule has 12 heteroatoms. The molecule has 0 fully saturated rings. The number of hydrogen-bond donors (Lipinski definition) is 2. The summed E-state index contributed by atoms with van der Waals surface area (Å²) in [6.45, 7) is 1.79. The molecule has 0 saturated heterocycles. The van der Waals surface area contributed by atoms with Crippen LogP contribution >= 0.6 is 47.2 Å². The van der Waals surface area contributed by atoms with Crippen molar-refractivity contribution in [1.29, 1.82) is 0 Å². The smallest absolute Gasteiger partial charge is 0.387 e. The van der Waals surface area contributed by atoms with Gasteiger partial charge in [-0.25, -0.2) is 4.99 Å². The van der Waals surface area contributed by atoms with Crippen LogP contribution in [-0.2, 0) is 20.1 Å². The van der Waals surface area contributed by atoms with Crippen LogP contribution in [0.4, 0.5) is 8.78 Å². The van der Waals surface area contributed by atoms with Gasteiger partial charge in [0.1, 0.15) is 11.6 Å². The van der Waals surface area contributed by atoms with Crippen molar-refractivity contribution in [3.05, 3.63) is 39.4 Å². The predicted octanol–water partition coefficient (Wildman–Crippen LogP) is 3.91. The molecule has 0 amide bonds. The largest absolute Gasteiger partial charge is 0.433 e. The van der Waals surface area contributed by atoms with E-state index in [0.717, 1.165) is 11.6 Å². The summed E-state index contributed by atoms with van der Waals surface area (Å²) in [6.07, 6.45) is 0. The highest BCUT2D eigenvalue weighted by Crippen LogP contribution is 2.34. The van der Waals surface area contributed by atoms with E-state index in [2.05, 4.69) is 30.6 Å². The van der Waals surface area contributed by atoms with Gasteiger partial charge in [0, 0.05) is 24.2 Å². The second-order valence-electron chi connectivity index (χ2n) is 5.53. The highest BCUT2D eigenvalue weighted by Gasteiger charge is 2.15. The fraction of sp³-hybridized carbons (Fsp3) is 0.438. The Morgan fingerprint density at radius 1 is 1.29 bits per heavy atom. The summed E-state index contributed by atoms with van der Waals surface area (Å²) in [5.74, 6) is 1.85. The molecule has 0 bridgehead atoms. The van der Waals surface area contributed by atoms with Gasteiger partial charge in [-0.05, 0) is 26.0 Å². The van der Waals surface area contributed by atoms with Crippen molar-refractivity contribution in [1.82, 2.24) is 25.4 Å². The van der Waals surface area contributed by atoms with E-state index in [4.69, 9.17) is 23.2 Å². The Bertz CT molecular complexity index is 819. The number of aromatic nitrogens is 3. The van der Waals surface area contributed by atoms with Gasteiger partial charge in [-0.15, -0.1) is 34.2 Å². The number of nitrogens with zero attached hydrogens (tertiary/aromatic N) is 4. The maximum absolute atomic E-state index is 12.7. The molecule has 1 aromatic heterocycles. The Hall–Kier alpha value is -1.40. The Balaban J connectivity index is 0.00000392. The van der Waals surface area contributed by atoms with Crippen LogP contribution in [-0.4, -0.2) is 33.9 Å². The third-order valence-corrected chi connectivity index (χ3v) is 4.14. The molecular weight excluding hydrogens is 528 g/mol. The Kier molecular flexibility index (Phi) is 10.2. The highest BCUT2D eigenvalue weighted by molar-refractivity contribution is 14.0. The average molecular weight is 549 g/mol. The van der Waals surface area contributed by atoms with Gasteiger partial charge in [-0.2, -0.15) is 8.78 Å². The van der Waals surface area contributed by atoms with Crippen LogP contribution in [0.3, 0.4) is 0 Å². The molecule has 0 saturated carbocycles. The van der Waals surface area contributed by atoms with Crippen LogP contribution in [0.25, 0.3) is 0 Å². The lowest BCUT2D eigenvalue weighted by Crippen LogP contribution is -2.37. The minimum atomic E-state index is -3.00. The summed E-state index contributed by atoms with van der Waals surface area (Å²) in [4.78, 5) is 4.38. The second-order valence-corrected chi connectivity index (χ2v) is 6.37. The SMILES string of the molecule is CCNC(=NCc1cc(Cl)cc(Cl)c1OC(F)F)NCc1nnc(C)n1C.I. The molecule has 0 aliphatic heterocycles. The summed E-state index contributed by atoms with van der Waals surface area (Å²) in [6, 6.07) is 2.83. The molecule has 2 N–H and O–H groups in total. The van der Waals surface area contributed by atoms with Gasteiger partial charge < -0.3 is 19.9 Å². The number of ether oxygens (including phenoxy) is 1. The van der Waals surface area contributed by atoms with Gasteiger partial charge in [0.25, 0.3) is 0 Å². The quantitative estimate of drug-likeness (QED) is 0.312. The first kappa shape index (κ1) is 24.6. The summed E-state index contributed by atoms with van der Waals surface area (Å²) in [5, 5.41) is 14.5. The molecule has 28 heavy (non-hydrogen) atoms. The van der Waals surface area contributed by atoms with Crippen molar-refractivity contribution < 1.29 is 13.5 Å². The van der Waals surface area contributed by atoms with Crippen LogP contribution in [0.1, 0.15) is 24.1 Å². The van der Waals surface area contributed by atoms with Gasteiger partial charge in [-0.1, -0.05) is 23.2 Å². The van der Waals surface area contributed by atoms with Gasteiger partial charge in [0.15, 0.2) is 11.8 Å². The van der Waals surface area contributed by atoms with E-state index in [9.17, 15) is 8.78 Å². The van der Waals surface area contributed by atoms with Gasteiger partial charge >= 0.3 is 6.61 Å².